The van der Waals surface area contributed by atoms with Crippen molar-refractivity contribution in [3.63, 3.8) is 0 Å². The van der Waals surface area contributed by atoms with Crippen molar-refractivity contribution in [2.24, 2.45) is 0 Å². The summed E-state index contributed by atoms with van der Waals surface area (Å²) in [6.07, 6.45) is 0. The Bertz CT molecular complexity index is 785. The molecule has 25 heavy (non-hydrogen) atoms. The van der Waals surface area contributed by atoms with Crippen molar-refractivity contribution in [1.82, 2.24) is 4.90 Å². The fraction of sp³-hybridized carbons (Fsp3) is 0.222. The Balaban J connectivity index is 1.62. The van der Waals surface area contributed by atoms with Crippen LogP contribution in [0, 0.1) is 10.1 Å². The fourth-order valence-corrected chi connectivity index (χ4v) is 3.11. The molecule has 6 nitrogen and oxygen atoms in total. The Kier molecular flexibility index (Phi) is 5.04. The van der Waals surface area contributed by atoms with Crippen molar-refractivity contribution in [1.29, 1.82) is 0 Å². The molecule has 1 fully saturated rings. The van der Waals surface area contributed by atoms with Crippen molar-refractivity contribution >= 4 is 34.4 Å². The second-order valence-electron chi connectivity index (χ2n) is 5.75. The Labute approximate surface area is 150 Å². The van der Waals surface area contributed by atoms with Crippen molar-refractivity contribution in [3.05, 3.63) is 70.3 Å². The number of thiocarbonyl (C=S) groups is 1. The number of nitro benzene ring substituents is 1. The summed E-state index contributed by atoms with van der Waals surface area (Å²) in [6.45, 7) is 2.92. The van der Waals surface area contributed by atoms with Gasteiger partial charge >= 0.3 is 0 Å². The molecule has 1 aliphatic rings. The van der Waals surface area contributed by atoms with Gasteiger partial charge in [-0.3, -0.25) is 14.9 Å². The molecule has 0 atom stereocenters. The summed E-state index contributed by atoms with van der Waals surface area (Å²) >= 11 is 5.34. The van der Waals surface area contributed by atoms with Gasteiger partial charge in [-0.25, -0.2) is 0 Å². The van der Waals surface area contributed by atoms with Gasteiger partial charge in [-0.1, -0.05) is 30.4 Å². The van der Waals surface area contributed by atoms with Gasteiger partial charge in [-0.2, -0.15) is 0 Å². The van der Waals surface area contributed by atoms with E-state index in [2.05, 4.69) is 17.0 Å². The van der Waals surface area contributed by atoms with Crippen LogP contribution in [0.3, 0.4) is 0 Å². The number of carbonyl (C=O) groups excluding carboxylic acids is 1. The molecule has 0 saturated carbocycles. The largest absolute Gasteiger partial charge is 0.368 e. The molecular weight excluding hydrogens is 338 g/mol. The first-order chi connectivity index (χ1) is 12.1. The van der Waals surface area contributed by atoms with E-state index < -0.39 is 4.92 Å². The molecule has 7 heteroatoms. The molecule has 2 aromatic carbocycles. The monoisotopic (exact) mass is 355 g/mol. The number of Topliss-reactive ketones (excluding diaryl/α,β-unsaturated/α-hetero) is 1. The Morgan fingerprint density at radius 2 is 1.56 bits per heavy atom. The van der Waals surface area contributed by atoms with E-state index in [0.717, 1.165) is 18.8 Å². The Hall–Kier alpha value is -2.80. The third-order valence-electron chi connectivity index (χ3n) is 4.22. The van der Waals surface area contributed by atoms with Gasteiger partial charge in [0, 0.05) is 49.6 Å². The maximum Gasteiger partial charge on any atom is 0.269 e. The van der Waals surface area contributed by atoms with E-state index in [9.17, 15) is 14.9 Å². The summed E-state index contributed by atoms with van der Waals surface area (Å²) < 4.78 is 0. The molecular formula is C18H17N3O3S. The van der Waals surface area contributed by atoms with Gasteiger partial charge < -0.3 is 9.80 Å². The van der Waals surface area contributed by atoms with E-state index in [1.54, 1.807) is 0 Å². The van der Waals surface area contributed by atoms with Crippen LogP contribution >= 0.6 is 12.2 Å². The number of nitrogens with zero attached hydrogens (tertiary/aromatic N) is 3. The molecule has 0 bridgehead atoms. The number of non-ortho nitro benzene ring substituents is 1. The van der Waals surface area contributed by atoms with Gasteiger partial charge in [-0.15, -0.1) is 0 Å². The third-order valence-corrected chi connectivity index (χ3v) is 4.67. The van der Waals surface area contributed by atoms with E-state index in [1.807, 2.05) is 23.1 Å². The maximum absolute atomic E-state index is 12.5. The average Bonchev–Trinajstić information content (AvgIpc) is 2.67. The molecule has 0 spiro atoms. The molecule has 128 valence electrons. The molecule has 0 radical (unpaired) electrons. The first kappa shape index (κ1) is 17.0. The first-order valence-corrected chi connectivity index (χ1v) is 8.35. The van der Waals surface area contributed by atoms with Crippen molar-refractivity contribution in [2.45, 2.75) is 0 Å². The normalized spacial score (nSPS) is 14.2. The fourth-order valence-electron chi connectivity index (χ4n) is 2.81. The van der Waals surface area contributed by atoms with Gasteiger partial charge in [0.15, 0.2) is 4.99 Å². The number of carbonyl (C=O) groups is 1. The quantitative estimate of drug-likeness (QED) is 0.364. The second kappa shape index (κ2) is 7.40. The highest BCUT2D eigenvalue weighted by Crippen LogP contribution is 2.17. The van der Waals surface area contributed by atoms with Crippen LogP contribution < -0.4 is 4.90 Å². The van der Waals surface area contributed by atoms with Crippen molar-refractivity contribution in [3.8, 4) is 0 Å². The van der Waals surface area contributed by atoms with Crippen LogP contribution in [-0.2, 0) is 0 Å². The number of benzene rings is 2. The van der Waals surface area contributed by atoms with Crippen molar-refractivity contribution < 1.29 is 9.72 Å². The van der Waals surface area contributed by atoms with Crippen molar-refractivity contribution in [2.75, 3.05) is 31.1 Å². The van der Waals surface area contributed by atoms with Gasteiger partial charge in [0.2, 0.25) is 5.78 Å². The SMILES string of the molecule is O=C(C(=S)N1CCN(c2ccccc2)CC1)c1ccc([N+](=O)[O-])cc1. The lowest BCUT2D eigenvalue weighted by Crippen LogP contribution is -2.50. The van der Waals surface area contributed by atoms with Gasteiger partial charge in [-0.05, 0) is 24.3 Å². The van der Waals surface area contributed by atoms with Crippen LogP contribution in [-0.4, -0.2) is 46.8 Å². The smallest absolute Gasteiger partial charge is 0.269 e. The maximum atomic E-state index is 12.5. The minimum Gasteiger partial charge on any atom is -0.368 e. The number of para-hydroxylation sites is 1. The standard InChI is InChI=1S/C18H17N3O3S/c22-17(14-6-8-16(9-7-14)21(23)24)18(25)20-12-10-19(11-13-20)15-4-2-1-3-5-15/h1-9H,10-13H2. The van der Waals surface area contributed by atoms with E-state index in [0.29, 0.717) is 18.7 Å². The van der Waals surface area contributed by atoms with Crippen LogP contribution in [0.4, 0.5) is 11.4 Å². The zero-order valence-corrected chi connectivity index (χ0v) is 14.3. The van der Waals surface area contributed by atoms with E-state index in [4.69, 9.17) is 12.2 Å². The van der Waals surface area contributed by atoms with E-state index in [-0.39, 0.29) is 16.5 Å². The number of rotatable bonds is 4. The minimum absolute atomic E-state index is 0.0426. The first-order valence-electron chi connectivity index (χ1n) is 7.94. The lowest BCUT2D eigenvalue weighted by molar-refractivity contribution is -0.384. The molecule has 2 aromatic rings. The van der Waals surface area contributed by atoms with E-state index >= 15 is 0 Å². The van der Waals surface area contributed by atoms with Crippen LogP contribution in [0.15, 0.2) is 54.6 Å². The van der Waals surface area contributed by atoms with Crippen LogP contribution in [0.25, 0.3) is 0 Å². The summed E-state index contributed by atoms with van der Waals surface area (Å²) in [5, 5.41) is 10.7. The number of nitro groups is 1. The number of anilines is 1. The average molecular weight is 355 g/mol. The molecule has 3 rings (SSSR count). The van der Waals surface area contributed by atoms with Crippen LogP contribution in [0.5, 0.6) is 0 Å². The van der Waals surface area contributed by atoms with E-state index in [1.165, 1.54) is 24.3 Å². The Morgan fingerprint density at radius 3 is 2.12 bits per heavy atom. The number of ketones is 1. The lowest BCUT2D eigenvalue weighted by Gasteiger charge is -2.37. The van der Waals surface area contributed by atoms with Gasteiger partial charge in [0.05, 0.1) is 4.92 Å². The molecule has 0 amide bonds. The Morgan fingerprint density at radius 1 is 0.960 bits per heavy atom. The zero-order valence-electron chi connectivity index (χ0n) is 13.5. The lowest BCUT2D eigenvalue weighted by atomic mass is 10.1. The molecule has 1 saturated heterocycles. The van der Waals surface area contributed by atoms with Gasteiger partial charge in [0.1, 0.15) is 0 Å². The number of hydrogen-bond acceptors (Lipinski definition) is 5. The minimum atomic E-state index is -0.491. The summed E-state index contributed by atoms with van der Waals surface area (Å²) in [5.74, 6) is -0.266. The molecule has 0 unspecified atom stereocenters. The molecule has 0 aliphatic carbocycles. The summed E-state index contributed by atoms with van der Waals surface area (Å²) in [6, 6.07) is 15.7. The molecule has 1 aliphatic heterocycles. The highest BCUT2D eigenvalue weighted by atomic mass is 32.1. The molecule has 0 aromatic heterocycles. The highest BCUT2D eigenvalue weighted by molar-refractivity contribution is 7.82. The van der Waals surface area contributed by atoms with Crippen LogP contribution in [0.2, 0.25) is 0 Å². The number of hydrogen-bond donors (Lipinski definition) is 0. The second-order valence-corrected chi connectivity index (χ2v) is 6.13. The number of piperazine rings is 1. The van der Waals surface area contributed by atoms with Gasteiger partial charge in [0.25, 0.3) is 5.69 Å². The van der Waals surface area contributed by atoms with Crippen LogP contribution in [0.1, 0.15) is 10.4 Å². The zero-order chi connectivity index (χ0) is 17.8. The predicted octanol–water partition coefficient (Wildman–Crippen LogP) is 2.93. The summed E-state index contributed by atoms with van der Waals surface area (Å²) in [4.78, 5) is 27.1. The topological polar surface area (TPSA) is 66.7 Å². The summed E-state index contributed by atoms with van der Waals surface area (Å²) in [7, 11) is 0. The predicted molar refractivity (Wildman–Crippen MR) is 100 cm³/mol. The molecule has 0 N–H and O–H groups in total. The molecule has 1 heterocycles. The highest BCUT2D eigenvalue weighted by Gasteiger charge is 2.24. The third kappa shape index (κ3) is 3.83. The summed E-state index contributed by atoms with van der Waals surface area (Å²) in [5.41, 5.74) is 1.50.